The molecule has 0 bridgehead atoms. The zero-order valence-corrected chi connectivity index (χ0v) is 15.0. The van der Waals surface area contributed by atoms with E-state index in [1.54, 1.807) is 62.6 Å². The Labute approximate surface area is 156 Å². The van der Waals surface area contributed by atoms with Crippen LogP contribution in [0.3, 0.4) is 0 Å². The van der Waals surface area contributed by atoms with E-state index < -0.39 is 18.0 Å². The quantitative estimate of drug-likeness (QED) is 0.665. The number of ether oxygens (including phenoxy) is 2. The van der Waals surface area contributed by atoms with Crippen LogP contribution < -0.4 is 10.1 Å². The molecule has 1 amide bonds. The van der Waals surface area contributed by atoms with Gasteiger partial charge in [0.05, 0.1) is 13.4 Å². The number of carbonyl (C=O) groups excluding carboxylic acids is 2. The molecule has 0 radical (unpaired) electrons. The summed E-state index contributed by atoms with van der Waals surface area (Å²) in [5.74, 6) is 0.0256. The molecule has 0 aliphatic carbocycles. The highest BCUT2D eigenvalue weighted by Crippen LogP contribution is 2.23. The van der Waals surface area contributed by atoms with E-state index in [0.29, 0.717) is 22.8 Å². The van der Waals surface area contributed by atoms with Crippen LogP contribution >= 0.6 is 0 Å². The number of hydrogen-bond acceptors (Lipinski definition) is 5. The molecule has 2 aromatic carbocycles. The van der Waals surface area contributed by atoms with Crippen molar-refractivity contribution in [2.45, 2.75) is 13.0 Å². The molecule has 0 saturated heterocycles. The van der Waals surface area contributed by atoms with Gasteiger partial charge in [-0.2, -0.15) is 0 Å². The summed E-state index contributed by atoms with van der Waals surface area (Å²) in [5, 5.41) is 2.76. The smallest absolute Gasteiger partial charge is 0.342 e. The zero-order chi connectivity index (χ0) is 19.2. The summed E-state index contributed by atoms with van der Waals surface area (Å²) >= 11 is 0. The van der Waals surface area contributed by atoms with Crippen molar-refractivity contribution in [3.05, 3.63) is 83.8 Å². The number of anilines is 1. The maximum absolute atomic E-state index is 12.8. The van der Waals surface area contributed by atoms with Crippen LogP contribution in [0.1, 0.15) is 27.8 Å². The predicted molar refractivity (Wildman–Crippen MR) is 99.7 cm³/mol. The molecule has 1 unspecified atom stereocenters. The van der Waals surface area contributed by atoms with Gasteiger partial charge in [0.15, 0.2) is 0 Å². The molecule has 27 heavy (non-hydrogen) atoms. The summed E-state index contributed by atoms with van der Waals surface area (Å²) in [6, 6.07) is 17.2. The highest BCUT2D eigenvalue weighted by atomic mass is 16.5. The van der Waals surface area contributed by atoms with Gasteiger partial charge in [0.25, 0.3) is 5.91 Å². The van der Waals surface area contributed by atoms with Crippen LogP contribution in [0.25, 0.3) is 0 Å². The Kier molecular flexibility index (Phi) is 5.56. The van der Waals surface area contributed by atoms with E-state index in [9.17, 15) is 9.59 Å². The van der Waals surface area contributed by atoms with E-state index in [1.165, 1.54) is 12.3 Å². The Bertz CT molecular complexity index is 915. The molecule has 0 aliphatic rings. The molecule has 1 atom stereocenters. The number of carbonyl (C=O) groups is 2. The Morgan fingerprint density at radius 1 is 1.00 bits per heavy atom. The Balaban J connectivity index is 1.82. The van der Waals surface area contributed by atoms with Crippen molar-refractivity contribution >= 4 is 17.6 Å². The number of nitrogens with one attached hydrogen (secondary N) is 1. The lowest BCUT2D eigenvalue weighted by atomic mass is 10.1. The molecule has 1 N–H and O–H groups in total. The summed E-state index contributed by atoms with van der Waals surface area (Å²) in [4.78, 5) is 25.3. The van der Waals surface area contributed by atoms with Gasteiger partial charge in [-0.05, 0) is 37.3 Å². The Hall–Kier alpha value is -3.54. The second kappa shape index (κ2) is 8.23. The van der Waals surface area contributed by atoms with Crippen LogP contribution in [0.4, 0.5) is 5.69 Å². The Morgan fingerprint density at radius 3 is 2.30 bits per heavy atom. The van der Waals surface area contributed by atoms with E-state index >= 15 is 0 Å². The number of amides is 1. The third-order valence-corrected chi connectivity index (χ3v) is 4.00. The standard InChI is InChI=1S/C21H19NO5/c1-14-18(12-13-26-14)21(24)27-19(15-6-4-3-5-7-15)20(23)22-16-8-10-17(25-2)11-9-16/h3-13,19H,1-2H3,(H,22,23). The number of hydrogen-bond donors (Lipinski definition) is 1. The monoisotopic (exact) mass is 365 g/mol. The van der Waals surface area contributed by atoms with Crippen molar-refractivity contribution in [2.24, 2.45) is 0 Å². The van der Waals surface area contributed by atoms with Crippen molar-refractivity contribution in [3.8, 4) is 5.75 Å². The first-order chi connectivity index (χ1) is 13.1. The lowest BCUT2D eigenvalue weighted by molar-refractivity contribution is -0.125. The lowest BCUT2D eigenvalue weighted by Crippen LogP contribution is -2.26. The second-order valence-electron chi connectivity index (χ2n) is 5.80. The summed E-state index contributed by atoms with van der Waals surface area (Å²) in [6.07, 6.45) is 0.302. The molecular weight excluding hydrogens is 346 g/mol. The van der Waals surface area contributed by atoms with Gasteiger partial charge in [0, 0.05) is 11.3 Å². The van der Waals surface area contributed by atoms with E-state index in [0.717, 1.165) is 0 Å². The van der Waals surface area contributed by atoms with Gasteiger partial charge in [-0.3, -0.25) is 4.79 Å². The number of furan rings is 1. The number of aryl methyl sites for hydroxylation is 1. The normalized spacial score (nSPS) is 11.5. The van der Waals surface area contributed by atoms with E-state index in [-0.39, 0.29) is 5.56 Å². The van der Waals surface area contributed by atoms with Crippen molar-refractivity contribution in [1.29, 1.82) is 0 Å². The highest BCUT2D eigenvalue weighted by molar-refractivity contribution is 5.98. The van der Waals surface area contributed by atoms with Crippen molar-refractivity contribution < 1.29 is 23.5 Å². The minimum atomic E-state index is -1.10. The molecule has 3 rings (SSSR count). The fraction of sp³-hybridized carbons (Fsp3) is 0.143. The fourth-order valence-corrected chi connectivity index (χ4v) is 2.55. The van der Waals surface area contributed by atoms with Crippen LogP contribution in [0.5, 0.6) is 5.75 Å². The van der Waals surface area contributed by atoms with Gasteiger partial charge < -0.3 is 19.2 Å². The summed E-state index contributed by atoms with van der Waals surface area (Å²) in [5.41, 5.74) is 1.42. The van der Waals surface area contributed by atoms with Crippen LogP contribution in [0.2, 0.25) is 0 Å². The second-order valence-corrected chi connectivity index (χ2v) is 5.80. The van der Waals surface area contributed by atoms with E-state index in [2.05, 4.69) is 5.32 Å². The van der Waals surface area contributed by atoms with E-state index in [4.69, 9.17) is 13.9 Å². The molecule has 138 valence electrons. The number of methoxy groups -OCH3 is 1. The first kappa shape index (κ1) is 18.3. The number of rotatable bonds is 6. The molecule has 3 aromatic rings. The van der Waals surface area contributed by atoms with Crippen molar-refractivity contribution in [2.75, 3.05) is 12.4 Å². The summed E-state index contributed by atoms with van der Waals surface area (Å²) in [6.45, 7) is 1.66. The van der Waals surface area contributed by atoms with Gasteiger partial charge in [-0.15, -0.1) is 0 Å². The van der Waals surface area contributed by atoms with E-state index in [1.807, 2.05) is 6.07 Å². The maximum Gasteiger partial charge on any atom is 0.342 e. The molecule has 1 heterocycles. The SMILES string of the molecule is COc1ccc(NC(=O)C(OC(=O)c2ccoc2C)c2ccccc2)cc1. The Morgan fingerprint density at radius 2 is 1.70 bits per heavy atom. The highest BCUT2D eigenvalue weighted by Gasteiger charge is 2.27. The topological polar surface area (TPSA) is 77.8 Å². The summed E-state index contributed by atoms with van der Waals surface area (Å²) < 4.78 is 15.7. The van der Waals surface area contributed by atoms with Crippen LogP contribution in [0, 0.1) is 6.92 Å². The molecule has 0 aliphatic heterocycles. The number of benzene rings is 2. The van der Waals surface area contributed by atoms with Gasteiger partial charge >= 0.3 is 5.97 Å². The fourth-order valence-electron chi connectivity index (χ4n) is 2.55. The molecule has 0 saturated carbocycles. The first-order valence-electron chi connectivity index (χ1n) is 8.33. The average molecular weight is 365 g/mol. The van der Waals surface area contributed by atoms with Gasteiger partial charge in [0.2, 0.25) is 6.10 Å². The van der Waals surface area contributed by atoms with Gasteiger partial charge in [-0.1, -0.05) is 30.3 Å². The van der Waals surface area contributed by atoms with Crippen LogP contribution in [0.15, 0.2) is 71.3 Å². The largest absolute Gasteiger partial charge is 0.497 e. The first-order valence-corrected chi connectivity index (χ1v) is 8.33. The van der Waals surface area contributed by atoms with Crippen LogP contribution in [-0.4, -0.2) is 19.0 Å². The molecule has 6 nitrogen and oxygen atoms in total. The molecule has 0 fully saturated rings. The maximum atomic E-state index is 12.8. The van der Waals surface area contributed by atoms with Gasteiger partial charge in [0.1, 0.15) is 17.1 Å². The number of esters is 1. The molecule has 6 heteroatoms. The molecule has 0 spiro atoms. The molecular formula is C21H19NO5. The minimum absolute atomic E-state index is 0.285. The third-order valence-electron chi connectivity index (χ3n) is 4.00. The summed E-state index contributed by atoms with van der Waals surface area (Å²) in [7, 11) is 1.57. The van der Waals surface area contributed by atoms with Gasteiger partial charge in [-0.25, -0.2) is 4.79 Å². The van der Waals surface area contributed by atoms with Crippen LogP contribution in [-0.2, 0) is 9.53 Å². The minimum Gasteiger partial charge on any atom is -0.497 e. The predicted octanol–water partition coefficient (Wildman–Crippen LogP) is 4.13. The molecule has 1 aromatic heterocycles. The zero-order valence-electron chi connectivity index (χ0n) is 15.0. The van der Waals surface area contributed by atoms with Crippen molar-refractivity contribution in [3.63, 3.8) is 0 Å². The van der Waals surface area contributed by atoms with Crippen molar-refractivity contribution in [1.82, 2.24) is 0 Å². The third kappa shape index (κ3) is 4.36. The lowest BCUT2D eigenvalue weighted by Gasteiger charge is -2.18. The average Bonchev–Trinajstić information content (AvgIpc) is 3.13.